The van der Waals surface area contributed by atoms with Gasteiger partial charge in [0.2, 0.25) is 11.8 Å². The third-order valence-electron chi connectivity index (χ3n) is 6.77. The van der Waals surface area contributed by atoms with E-state index in [9.17, 15) is 4.79 Å². The summed E-state index contributed by atoms with van der Waals surface area (Å²) in [6.07, 6.45) is 0.130. The van der Waals surface area contributed by atoms with Gasteiger partial charge >= 0.3 is 0 Å². The first-order valence-corrected chi connectivity index (χ1v) is 13.6. The van der Waals surface area contributed by atoms with Crippen molar-refractivity contribution in [2.45, 2.75) is 24.5 Å². The van der Waals surface area contributed by atoms with E-state index in [1.807, 2.05) is 91.0 Å². The number of carbonyl (C=O) groups excluding carboxylic acids is 1. The van der Waals surface area contributed by atoms with E-state index in [4.69, 9.17) is 25.3 Å². The number of carbonyl (C=O) groups is 1. The number of nitrogens with two attached hydrogens (primary N) is 1. The molecular formula is C32H29BrN2O4. The standard InChI is InChI=1S/C32H29BrN2O4/c33-27-15-7-22(8-16-27)21-32(31(34)37)29(25-11-9-24(10-12-25)23-5-2-1-3-6-23)39-30(35-32)26-13-17-28(18-14-26)38-20-4-19-36/h1-3,5-18,29,36H,4,19-21H2,(H2,34,37)/t29-,32-/m1/s1. The maximum absolute atomic E-state index is 13.2. The second-order valence-electron chi connectivity index (χ2n) is 9.44. The number of aliphatic imine (C=N–C) groups is 1. The Hall–Kier alpha value is -3.94. The van der Waals surface area contributed by atoms with E-state index in [0.29, 0.717) is 30.2 Å². The molecule has 0 bridgehead atoms. The van der Waals surface area contributed by atoms with Gasteiger partial charge in [-0.25, -0.2) is 4.99 Å². The van der Waals surface area contributed by atoms with E-state index in [1.165, 1.54) is 0 Å². The Morgan fingerprint density at radius 1 is 0.897 bits per heavy atom. The van der Waals surface area contributed by atoms with E-state index >= 15 is 0 Å². The summed E-state index contributed by atoms with van der Waals surface area (Å²) in [6, 6.07) is 33.2. The molecule has 2 atom stereocenters. The SMILES string of the molecule is NC(=O)[C@]1(Cc2ccc(Br)cc2)N=C(c2ccc(OCCCO)cc2)O[C@@H]1c1ccc(-c2ccccc2)cc1. The molecular weight excluding hydrogens is 556 g/mol. The summed E-state index contributed by atoms with van der Waals surface area (Å²) in [7, 11) is 0. The van der Waals surface area contributed by atoms with E-state index < -0.39 is 17.6 Å². The van der Waals surface area contributed by atoms with Crippen molar-refractivity contribution in [2.75, 3.05) is 13.2 Å². The second-order valence-corrected chi connectivity index (χ2v) is 10.4. The molecule has 3 N–H and O–H groups in total. The molecule has 0 spiro atoms. The van der Waals surface area contributed by atoms with Crippen molar-refractivity contribution in [1.29, 1.82) is 0 Å². The number of nitrogens with zero attached hydrogens (tertiary/aromatic N) is 1. The van der Waals surface area contributed by atoms with Crippen LogP contribution in [0.1, 0.15) is 29.2 Å². The Kier molecular flexibility index (Phi) is 8.10. The molecule has 0 aliphatic carbocycles. The molecule has 1 aliphatic heterocycles. The van der Waals surface area contributed by atoms with Gasteiger partial charge in [-0.3, -0.25) is 4.79 Å². The minimum Gasteiger partial charge on any atom is -0.494 e. The van der Waals surface area contributed by atoms with Crippen LogP contribution in [-0.2, 0) is 16.0 Å². The minimum atomic E-state index is -1.34. The smallest absolute Gasteiger partial charge is 0.250 e. The van der Waals surface area contributed by atoms with Crippen molar-refractivity contribution < 1.29 is 19.4 Å². The quantitative estimate of drug-likeness (QED) is 0.228. The lowest BCUT2D eigenvalue weighted by molar-refractivity contribution is -0.125. The van der Waals surface area contributed by atoms with E-state index in [-0.39, 0.29) is 13.0 Å². The summed E-state index contributed by atoms with van der Waals surface area (Å²) in [5.74, 6) is 0.473. The number of hydrogen-bond donors (Lipinski definition) is 2. The molecule has 0 saturated heterocycles. The number of aliphatic hydroxyl groups is 1. The third kappa shape index (κ3) is 5.90. The number of rotatable bonds is 10. The molecule has 39 heavy (non-hydrogen) atoms. The Bertz CT molecular complexity index is 1440. The number of ether oxygens (including phenoxy) is 2. The third-order valence-corrected chi connectivity index (χ3v) is 7.30. The number of halogens is 1. The summed E-state index contributed by atoms with van der Waals surface area (Å²) in [5, 5.41) is 8.98. The molecule has 0 fully saturated rings. The maximum Gasteiger partial charge on any atom is 0.250 e. The van der Waals surface area contributed by atoms with E-state index in [1.54, 1.807) is 0 Å². The minimum absolute atomic E-state index is 0.0734. The normalized spacial score (nSPS) is 18.3. The monoisotopic (exact) mass is 584 g/mol. The van der Waals surface area contributed by atoms with Gasteiger partial charge in [0, 0.05) is 29.5 Å². The van der Waals surface area contributed by atoms with Crippen molar-refractivity contribution in [3.05, 3.63) is 124 Å². The van der Waals surface area contributed by atoms with Gasteiger partial charge in [0.15, 0.2) is 11.6 Å². The fraction of sp³-hybridized carbons (Fsp3) is 0.188. The lowest BCUT2D eigenvalue weighted by Gasteiger charge is -2.29. The van der Waals surface area contributed by atoms with Crippen molar-refractivity contribution in [1.82, 2.24) is 0 Å². The van der Waals surface area contributed by atoms with Crippen LogP contribution in [-0.4, -0.2) is 35.7 Å². The highest BCUT2D eigenvalue weighted by Crippen LogP contribution is 2.42. The lowest BCUT2D eigenvalue weighted by atomic mass is 9.82. The largest absolute Gasteiger partial charge is 0.494 e. The molecule has 7 heteroatoms. The van der Waals surface area contributed by atoms with Gasteiger partial charge in [0.25, 0.3) is 0 Å². The number of benzene rings is 4. The second kappa shape index (κ2) is 11.8. The Balaban J connectivity index is 1.51. The summed E-state index contributed by atoms with van der Waals surface area (Å²) >= 11 is 3.47. The van der Waals surface area contributed by atoms with Gasteiger partial charge in [-0.2, -0.15) is 0 Å². The van der Waals surface area contributed by atoms with Gasteiger partial charge in [-0.1, -0.05) is 82.7 Å². The number of aliphatic hydroxyl groups excluding tert-OH is 1. The zero-order valence-electron chi connectivity index (χ0n) is 21.3. The molecule has 6 nitrogen and oxygen atoms in total. The lowest BCUT2D eigenvalue weighted by Crippen LogP contribution is -2.47. The van der Waals surface area contributed by atoms with E-state index in [0.717, 1.165) is 26.7 Å². The van der Waals surface area contributed by atoms with Crippen molar-refractivity contribution >= 4 is 27.7 Å². The van der Waals surface area contributed by atoms with Crippen LogP contribution in [0, 0.1) is 0 Å². The topological polar surface area (TPSA) is 94.1 Å². The highest BCUT2D eigenvalue weighted by atomic mass is 79.9. The first kappa shape index (κ1) is 26.7. The molecule has 0 radical (unpaired) electrons. The van der Waals surface area contributed by atoms with Gasteiger partial charge in [0.05, 0.1) is 6.61 Å². The van der Waals surface area contributed by atoms with Crippen LogP contribution in [0.4, 0.5) is 0 Å². The van der Waals surface area contributed by atoms with Crippen LogP contribution in [0.3, 0.4) is 0 Å². The molecule has 0 aromatic heterocycles. The predicted molar refractivity (Wildman–Crippen MR) is 156 cm³/mol. The molecule has 4 aromatic carbocycles. The first-order valence-electron chi connectivity index (χ1n) is 12.8. The van der Waals surface area contributed by atoms with Crippen LogP contribution in [0.5, 0.6) is 5.75 Å². The van der Waals surface area contributed by atoms with Gasteiger partial charge in [-0.05, 0) is 58.7 Å². The van der Waals surface area contributed by atoms with Gasteiger partial charge in [-0.15, -0.1) is 0 Å². The maximum atomic E-state index is 13.2. The zero-order valence-corrected chi connectivity index (χ0v) is 22.9. The molecule has 5 rings (SSSR count). The van der Waals surface area contributed by atoms with Crippen molar-refractivity contribution in [3.8, 4) is 16.9 Å². The number of hydrogen-bond acceptors (Lipinski definition) is 5. The Morgan fingerprint density at radius 2 is 1.54 bits per heavy atom. The van der Waals surface area contributed by atoms with Crippen LogP contribution in [0.25, 0.3) is 11.1 Å². The summed E-state index contributed by atoms with van der Waals surface area (Å²) < 4.78 is 13.1. The summed E-state index contributed by atoms with van der Waals surface area (Å²) in [4.78, 5) is 18.1. The number of primary amides is 1. The Morgan fingerprint density at radius 3 is 2.18 bits per heavy atom. The molecule has 0 unspecified atom stereocenters. The highest BCUT2D eigenvalue weighted by molar-refractivity contribution is 9.10. The fourth-order valence-electron chi connectivity index (χ4n) is 4.70. The first-order chi connectivity index (χ1) is 19.0. The van der Waals surface area contributed by atoms with Crippen LogP contribution in [0.15, 0.2) is 113 Å². The molecule has 1 aliphatic rings. The van der Waals surface area contributed by atoms with Crippen LogP contribution in [0.2, 0.25) is 0 Å². The van der Waals surface area contributed by atoms with Gasteiger partial charge < -0.3 is 20.3 Å². The summed E-state index contributed by atoms with van der Waals surface area (Å²) in [5.41, 5.74) is 9.39. The molecule has 0 saturated carbocycles. The van der Waals surface area contributed by atoms with Crippen LogP contribution >= 0.6 is 15.9 Å². The molecule has 1 amide bonds. The van der Waals surface area contributed by atoms with Crippen molar-refractivity contribution in [2.24, 2.45) is 10.7 Å². The number of amides is 1. The van der Waals surface area contributed by atoms with Crippen molar-refractivity contribution in [3.63, 3.8) is 0 Å². The predicted octanol–water partition coefficient (Wildman–Crippen LogP) is 5.86. The average Bonchev–Trinajstić information content (AvgIpc) is 3.36. The van der Waals surface area contributed by atoms with Crippen LogP contribution < -0.4 is 10.5 Å². The average molecular weight is 585 g/mol. The van der Waals surface area contributed by atoms with E-state index in [2.05, 4.69) is 28.1 Å². The molecule has 1 heterocycles. The molecule has 198 valence electrons. The zero-order chi connectivity index (χ0) is 27.2. The Labute approximate surface area is 236 Å². The van der Waals surface area contributed by atoms with Gasteiger partial charge in [0.1, 0.15) is 5.75 Å². The summed E-state index contributed by atoms with van der Waals surface area (Å²) in [6.45, 7) is 0.496. The highest BCUT2D eigenvalue weighted by Gasteiger charge is 2.52. The fourth-order valence-corrected chi connectivity index (χ4v) is 4.96. The molecule has 4 aromatic rings.